The van der Waals surface area contributed by atoms with E-state index in [2.05, 4.69) is 30.5 Å². The minimum atomic E-state index is 0.168. The van der Waals surface area contributed by atoms with Crippen LogP contribution in [0.15, 0.2) is 45.8 Å². The van der Waals surface area contributed by atoms with Crippen LogP contribution < -0.4 is 9.64 Å². The van der Waals surface area contributed by atoms with E-state index >= 15 is 0 Å². The van der Waals surface area contributed by atoms with Gasteiger partial charge in [-0.1, -0.05) is 50.1 Å². The Bertz CT molecular complexity index is 908. The quantitative estimate of drug-likeness (QED) is 0.212. The summed E-state index contributed by atoms with van der Waals surface area (Å²) in [5.74, 6) is 4.80. The zero-order valence-electron chi connectivity index (χ0n) is 19.2. The van der Waals surface area contributed by atoms with Crippen LogP contribution >= 0.6 is 35.3 Å². The molecule has 0 aromatic heterocycles. The van der Waals surface area contributed by atoms with Gasteiger partial charge in [-0.2, -0.15) is 34.0 Å². The van der Waals surface area contributed by atoms with Crippen LogP contribution in [0, 0.1) is 22.7 Å². The van der Waals surface area contributed by atoms with Crippen molar-refractivity contribution in [2.45, 2.75) is 43.6 Å². The molecule has 33 heavy (non-hydrogen) atoms. The summed E-state index contributed by atoms with van der Waals surface area (Å²) in [4.78, 5) is 3.14. The molecule has 5 nitrogen and oxygen atoms in total. The molecule has 1 fully saturated rings. The molecule has 1 saturated heterocycles. The van der Waals surface area contributed by atoms with Crippen LogP contribution in [-0.2, 0) is 4.74 Å². The third-order valence-electron chi connectivity index (χ3n) is 5.27. The van der Waals surface area contributed by atoms with Gasteiger partial charge in [0, 0.05) is 34.5 Å². The fraction of sp³-hybridized carbons (Fsp3) is 0.520. The number of anilines is 1. The summed E-state index contributed by atoms with van der Waals surface area (Å²) < 4.78 is 12.0. The second-order valence-corrected chi connectivity index (χ2v) is 11.1. The van der Waals surface area contributed by atoms with Gasteiger partial charge in [-0.15, -0.1) is 0 Å². The van der Waals surface area contributed by atoms with Crippen LogP contribution in [0.1, 0.15) is 32.6 Å². The van der Waals surface area contributed by atoms with Gasteiger partial charge in [0.05, 0.1) is 18.4 Å². The molecule has 0 spiro atoms. The highest BCUT2D eigenvalue weighted by Crippen LogP contribution is 2.48. The number of allylic oxidation sites excluding steroid dienone is 1. The second-order valence-electron chi connectivity index (χ2n) is 7.97. The third kappa shape index (κ3) is 7.65. The second kappa shape index (κ2) is 13.9. The number of ether oxygens (including phenoxy) is 2. The molecule has 2 aliphatic heterocycles. The predicted octanol–water partition coefficient (Wildman–Crippen LogP) is 6.24. The summed E-state index contributed by atoms with van der Waals surface area (Å²) in [6.45, 7) is 8.13. The summed E-state index contributed by atoms with van der Waals surface area (Å²) in [5.41, 5.74) is 2.51. The minimum Gasteiger partial charge on any atom is -0.491 e. The first-order valence-corrected chi connectivity index (χ1v) is 14.5. The summed E-state index contributed by atoms with van der Waals surface area (Å²) in [7, 11) is 0. The molecule has 0 saturated carbocycles. The van der Waals surface area contributed by atoms with Gasteiger partial charge in [-0.05, 0) is 24.6 Å². The first-order chi connectivity index (χ1) is 16.2. The number of thioether (sulfide) groups is 3. The van der Waals surface area contributed by atoms with Gasteiger partial charge in [-0.3, -0.25) is 0 Å². The van der Waals surface area contributed by atoms with Gasteiger partial charge < -0.3 is 14.4 Å². The number of nitrogens with zero attached hydrogens (tertiary/aromatic N) is 3. The molecule has 2 aliphatic rings. The Labute approximate surface area is 210 Å². The van der Waals surface area contributed by atoms with Crippen molar-refractivity contribution in [3.63, 3.8) is 0 Å². The topological polar surface area (TPSA) is 69.3 Å². The van der Waals surface area contributed by atoms with Crippen molar-refractivity contribution in [2.75, 3.05) is 47.7 Å². The summed E-state index contributed by atoms with van der Waals surface area (Å²) >= 11 is 5.27. The molecule has 176 valence electrons. The SMILES string of the molecule is C=C1CSCC(OCCOc2ccc3c(c2)SC(=C(C#N)C#N)N3CCCCCC)CSC1. The highest BCUT2D eigenvalue weighted by molar-refractivity contribution is 8.03. The highest BCUT2D eigenvalue weighted by atomic mass is 32.2. The van der Waals surface area contributed by atoms with Crippen LogP contribution in [0.4, 0.5) is 5.69 Å². The van der Waals surface area contributed by atoms with Crippen molar-refractivity contribution in [3.8, 4) is 17.9 Å². The third-order valence-corrected chi connectivity index (χ3v) is 8.88. The first kappa shape index (κ1) is 25.9. The average Bonchev–Trinajstić information content (AvgIpc) is 3.16. The van der Waals surface area contributed by atoms with E-state index in [1.807, 2.05) is 41.7 Å². The molecule has 1 aromatic carbocycles. The Morgan fingerprint density at radius 2 is 1.88 bits per heavy atom. The van der Waals surface area contributed by atoms with Crippen molar-refractivity contribution in [1.29, 1.82) is 10.5 Å². The zero-order chi connectivity index (χ0) is 23.5. The van der Waals surface area contributed by atoms with Crippen LogP contribution in [-0.4, -0.2) is 48.9 Å². The Balaban J connectivity index is 1.56. The van der Waals surface area contributed by atoms with Gasteiger partial charge in [0.25, 0.3) is 0 Å². The summed E-state index contributed by atoms with van der Waals surface area (Å²) in [5, 5.41) is 19.6. The normalized spacial score (nSPS) is 16.5. The Morgan fingerprint density at radius 3 is 2.58 bits per heavy atom. The minimum absolute atomic E-state index is 0.168. The lowest BCUT2D eigenvalue weighted by molar-refractivity contribution is 0.0604. The maximum atomic E-state index is 9.43. The monoisotopic (exact) mass is 501 g/mol. The van der Waals surface area contributed by atoms with Crippen LogP contribution in [0.3, 0.4) is 0 Å². The fourth-order valence-corrected chi connectivity index (χ4v) is 7.02. The lowest BCUT2D eigenvalue weighted by atomic mass is 10.2. The lowest BCUT2D eigenvalue weighted by Gasteiger charge is -2.21. The number of hydrogen-bond acceptors (Lipinski definition) is 8. The Hall–Kier alpha value is -1.71. The van der Waals surface area contributed by atoms with Crippen molar-refractivity contribution >= 4 is 41.0 Å². The first-order valence-electron chi connectivity index (χ1n) is 11.4. The summed E-state index contributed by atoms with van der Waals surface area (Å²) in [6.07, 6.45) is 4.79. The van der Waals surface area contributed by atoms with Crippen molar-refractivity contribution in [3.05, 3.63) is 41.0 Å². The van der Waals surface area contributed by atoms with Crippen molar-refractivity contribution < 1.29 is 9.47 Å². The molecule has 1 aromatic rings. The van der Waals surface area contributed by atoms with E-state index in [0.717, 1.165) is 63.8 Å². The Kier molecular flexibility index (Phi) is 10.9. The maximum Gasteiger partial charge on any atom is 0.160 e. The van der Waals surface area contributed by atoms with E-state index in [1.165, 1.54) is 30.2 Å². The number of nitriles is 2. The molecule has 0 radical (unpaired) electrons. The van der Waals surface area contributed by atoms with Gasteiger partial charge in [0.1, 0.15) is 29.5 Å². The standard InChI is InChI=1S/C25H31N3O2S3/c1-3-4-5-6-9-28-23-8-7-21(12-24(23)33-25(28)20(13-26)14-27)29-10-11-30-22-17-31-15-19(2)16-32-18-22/h7-8,12,22H,2-6,9-11,15-18H2,1H3. The number of fused-ring (bicyclic) bond motifs is 1. The number of benzene rings is 1. The molecular formula is C25H31N3O2S3. The van der Waals surface area contributed by atoms with Gasteiger partial charge in [0.15, 0.2) is 5.57 Å². The van der Waals surface area contributed by atoms with Gasteiger partial charge in [-0.25, -0.2) is 0 Å². The van der Waals surface area contributed by atoms with Gasteiger partial charge >= 0.3 is 0 Å². The Morgan fingerprint density at radius 1 is 1.12 bits per heavy atom. The molecule has 3 rings (SSSR count). The van der Waals surface area contributed by atoms with E-state index in [0.29, 0.717) is 13.2 Å². The zero-order valence-corrected chi connectivity index (χ0v) is 21.6. The molecule has 0 unspecified atom stereocenters. The van der Waals surface area contributed by atoms with Crippen molar-refractivity contribution in [2.24, 2.45) is 0 Å². The van der Waals surface area contributed by atoms with Gasteiger partial charge in [0.2, 0.25) is 0 Å². The molecule has 0 N–H and O–H groups in total. The van der Waals surface area contributed by atoms with Crippen LogP contribution in [0.25, 0.3) is 0 Å². The number of rotatable bonds is 10. The van der Waals surface area contributed by atoms with E-state index < -0.39 is 0 Å². The lowest BCUT2D eigenvalue weighted by Crippen LogP contribution is -2.24. The number of hydrogen-bond donors (Lipinski definition) is 0. The van der Waals surface area contributed by atoms with Crippen LogP contribution in [0.5, 0.6) is 5.75 Å². The molecule has 0 bridgehead atoms. The van der Waals surface area contributed by atoms with Crippen LogP contribution in [0.2, 0.25) is 0 Å². The molecule has 2 heterocycles. The molecular weight excluding hydrogens is 470 g/mol. The van der Waals surface area contributed by atoms with Crippen molar-refractivity contribution in [1.82, 2.24) is 0 Å². The predicted molar refractivity (Wildman–Crippen MR) is 141 cm³/mol. The molecule has 0 aliphatic carbocycles. The molecule has 0 atom stereocenters. The molecule has 8 heteroatoms. The maximum absolute atomic E-state index is 9.43. The smallest absolute Gasteiger partial charge is 0.160 e. The fourth-order valence-electron chi connectivity index (χ4n) is 3.61. The highest BCUT2D eigenvalue weighted by Gasteiger charge is 2.28. The average molecular weight is 502 g/mol. The van der Waals surface area contributed by atoms with E-state index in [1.54, 1.807) is 0 Å². The van der Waals surface area contributed by atoms with E-state index in [4.69, 9.17) is 9.47 Å². The molecule has 0 amide bonds. The summed E-state index contributed by atoms with van der Waals surface area (Å²) in [6, 6.07) is 10.1. The number of unbranched alkanes of at least 4 members (excludes halogenated alkanes) is 3. The largest absolute Gasteiger partial charge is 0.491 e. The van der Waals surface area contributed by atoms with E-state index in [-0.39, 0.29) is 11.7 Å². The van der Waals surface area contributed by atoms with E-state index in [9.17, 15) is 10.5 Å².